The van der Waals surface area contributed by atoms with Crippen LogP contribution in [0.25, 0.3) is 0 Å². The van der Waals surface area contributed by atoms with E-state index in [1.165, 1.54) is 0 Å². The minimum Gasteiger partial charge on any atom is -0.348 e. The van der Waals surface area contributed by atoms with Gasteiger partial charge in [-0.2, -0.15) is 11.3 Å². The number of carbonyl (C=O) groups excluding carboxylic acids is 1. The normalized spacial score (nSPS) is 25.5. The maximum Gasteiger partial charge on any atom is 0.252 e. The summed E-state index contributed by atoms with van der Waals surface area (Å²) in [7, 11) is 0. The number of amides is 1. The third-order valence-corrected chi connectivity index (χ3v) is 3.85. The Labute approximate surface area is 93.7 Å². The van der Waals surface area contributed by atoms with Gasteiger partial charge in [0.1, 0.15) is 0 Å². The zero-order chi connectivity index (χ0) is 10.8. The average molecular weight is 224 g/mol. The van der Waals surface area contributed by atoms with Gasteiger partial charge in [-0.1, -0.05) is 0 Å². The number of carbonyl (C=O) groups is 1. The Morgan fingerprint density at radius 2 is 2.33 bits per heavy atom. The maximum absolute atomic E-state index is 11.9. The second kappa shape index (κ2) is 4.33. The lowest BCUT2D eigenvalue weighted by Crippen LogP contribution is -2.44. The summed E-state index contributed by atoms with van der Waals surface area (Å²) in [5.74, 6) is 0.0242. The van der Waals surface area contributed by atoms with Crippen molar-refractivity contribution < 1.29 is 4.79 Å². The van der Waals surface area contributed by atoms with E-state index in [0.29, 0.717) is 0 Å². The summed E-state index contributed by atoms with van der Waals surface area (Å²) in [6.07, 6.45) is 3.15. The molecule has 1 aliphatic rings. The standard InChI is InChI=1S/C11H16N2OS/c1-7-5-15-6-8(7)11(14)13-10-4-2-3-9(10)12/h5-6,9-10H,2-4,12H2,1H3,(H,13,14). The van der Waals surface area contributed by atoms with Crippen molar-refractivity contribution in [2.24, 2.45) is 5.73 Å². The highest BCUT2D eigenvalue weighted by Gasteiger charge is 2.26. The Morgan fingerprint density at radius 1 is 1.53 bits per heavy atom. The largest absolute Gasteiger partial charge is 0.348 e. The number of thiophene rings is 1. The molecule has 1 aliphatic carbocycles. The summed E-state index contributed by atoms with van der Waals surface area (Å²) < 4.78 is 0. The molecule has 0 spiro atoms. The minimum absolute atomic E-state index is 0.0242. The number of aryl methyl sites for hydroxylation is 1. The lowest BCUT2D eigenvalue weighted by molar-refractivity contribution is 0.0934. The Morgan fingerprint density at radius 3 is 2.87 bits per heavy atom. The van der Waals surface area contributed by atoms with Crippen molar-refractivity contribution in [2.45, 2.75) is 38.3 Å². The monoisotopic (exact) mass is 224 g/mol. The molecule has 0 radical (unpaired) electrons. The highest BCUT2D eigenvalue weighted by atomic mass is 32.1. The van der Waals surface area contributed by atoms with Gasteiger partial charge in [0.15, 0.2) is 0 Å². The molecule has 1 fully saturated rings. The van der Waals surface area contributed by atoms with Crippen LogP contribution in [0.5, 0.6) is 0 Å². The molecule has 2 atom stereocenters. The number of nitrogens with two attached hydrogens (primary N) is 1. The van der Waals surface area contributed by atoms with Crippen molar-refractivity contribution in [2.75, 3.05) is 0 Å². The van der Waals surface area contributed by atoms with Crippen molar-refractivity contribution in [3.05, 3.63) is 21.9 Å². The van der Waals surface area contributed by atoms with Gasteiger partial charge < -0.3 is 11.1 Å². The molecule has 2 unspecified atom stereocenters. The maximum atomic E-state index is 11.9. The van der Waals surface area contributed by atoms with Crippen molar-refractivity contribution >= 4 is 17.2 Å². The predicted octanol–water partition coefficient (Wildman–Crippen LogP) is 1.67. The molecule has 0 aromatic carbocycles. The van der Waals surface area contributed by atoms with E-state index in [2.05, 4.69) is 5.32 Å². The smallest absolute Gasteiger partial charge is 0.252 e. The number of hydrogen-bond acceptors (Lipinski definition) is 3. The van der Waals surface area contributed by atoms with Crippen LogP contribution in [-0.2, 0) is 0 Å². The average Bonchev–Trinajstić information content (AvgIpc) is 2.76. The highest BCUT2D eigenvalue weighted by molar-refractivity contribution is 7.08. The van der Waals surface area contributed by atoms with E-state index >= 15 is 0 Å². The molecule has 1 amide bonds. The van der Waals surface area contributed by atoms with Gasteiger partial charge in [-0.25, -0.2) is 0 Å². The van der Waals surface area contributed by atoms with Crippen LogP contribution in [0.1, 0.15) is 35.2 Å². The second-order valence-corrected chi connectivity index (χ2v) is 4.89. The number of rotatable bonds is 2. The molecule has 1 saturated carbocycles. The summed E-state index contributed by atoms with van der Waals surface area (Å²) in [6, 6.07) is 0.296. The van der Waals surface area contributed by atoms with Gasteiger partial charge >= 0.3 is 0 Å². The Balaban J connectivity index is 2.01. The highest BCUT2D eigenvalue weighted by Crippen LogP contribution is 2.19. The predicted molar refractivity (Wildman–Crippen MR) is 62.1 cm³/mol. The molecule has 0 aliphatic heterocycles. The van der Waals surface area contributed by atoms with Gasteiger partial charge in [-0.3, -0.25) is 4.79 Å². The van der Waals surface area contributed by atoms with E-state index in [0.717, 1.165) is 30.4 Å². The first-order valence-electron chi connectivity index (χ1n) is 5.27. The van der Waals surface area contributed by atoms with E-state index in [-0.39, 0.29) is 18.0 Å². The van der Waals surface area contributed by atoms with Crippen molar-refractivity contribution in [1.29, 1.82) is 0 Å². The van der Waals surface area contributed by atoms with E-state index < -0.39 is 0 Å². The fourth-order valence-electron chi connectivity index (χ4n) is 2.01. The molecular formula is C11H16N2OS. The zero-order valence-corrected chi connectivity index (χ0v) is 9.64. The fourth-order valence-corrected chi connectivity index (χ4v) is 2.84. The first-order chi connectivity index (χ1) is 7.18. The van der Waals surface area contributed by atoms with E-state index in [4.69, 9.17) is 5.73 Å². The minimum atomic E-state index is 0.0242. The van der Waals surface area contributed by atoms with Gasteiger partial charge in [0.2, 0.25) is 0 Å². The first-order valence-corrected chi connectivity index (χ1v) is 6.22. The van der Waals surface area contributed by atoms with Gasteiger partial charge in [0, 0.05) is 17.5 Å². The molecule has 3 N–H and O–H groups in total. The van der Waals surface area contributed by atoms with Crippen LogP contribution in [0.4, 0.5) is 0 Å². The van der Waals surface area contributed by atoms with Crippen LogP contribution in [0, 0.1) is 6.92 Å². The zero-order valence-electron chi connectivity index (χ0n) is 8.82. The fraction of sp³-hybridized carbons (Fsp3) is 0.545. The van der Waals surface area contributed by atoms with E-state index in [1.807, 2.05) is 17.7 Å². The van der Waals surface area contributed by atoms with Gasteiger partial charge in [0.25, 0.3) is 5.91 Å². The van der Waals surface area contributed by atoms with Crippen LogP contribution in [0.15, 0.2) is 10.8 Å². The Kier molecular flexibility index (Phi) is 3.07. The second-order valence-electron chi connectivity index (χ2n) is 4.14. The molecule has 15 heavy (non-hydrogen) atoms. The third-order valence-electron chi connectivity index (χ3n) is 2.99. The van der Waals surface area contributed by atoms with Crippen LogP contribution in [-0.4, -0.2) is 18.0 Å². The van der Waals surface area contributed by atoms with Crippen molar-refractivity contribution in [3.8, 4) is 0 Å². The van der Waals surface area contributed by atoms with Crippen LogP contribution in [0.2, 0.25) is 0 Å². The molecule has 4 heteroatoms. The topological polar surface area (TPSA) is 55.1 Å². The number of nitrogens with one attached hydrogen (secondary N) is 1. The summed E-state index contributed by atoms with van der Waals surface area (Å²) in [5.41, 5.74) is 7.74. The molecule has 2 rings (SSSR count). The molecule has 82 valence electrons. The summed E-state index contributed by atoms with van der Waals surface area (Å²) in [6.45, 7) is 1.96. The first kappa shape index (κ1) is 10.6. The van der Waals surface area contributed by atoms with Crippen molar-refractivity contribution in [1.82, 2.24) is 5.32 Å². The molecular weight excluding hydrogens is 208 g/mol. The quantitative estimate of drug-likeness (QED) is 0.803. The molecule has 0 saturated heterocycles. The van der Waals surface area contributed by atoms with Crippen LogP contribution >= 0.6 is 11.3 Å². The third kappa shape index (κ3) is 2.21. The summed E-state index contributed by atoms with van der Waals surface area (Å²) >= 11 is 1.56. The number of hydrogen-bond donors (Lipinski definition) is 2. The SMILES string of the molecule is Cc1cscc1C(=O)NC1CCCC1N. The van der Waals surface area contributed by atoms with Gasteiger partial charge in [0.05, 0.1) is 5.56 Å². The van der Waals surface area contributed by atoms with E-state index in [9.17, 15) is 4.79 Å². The Hall–Kier alpha value is -0.870. The van der Waals surface area contributed by atoms with Crippen molar-refractivity contribution in [3.63, 3.8) is 0 Å². The molecule has 1 aromatic rings. The summed E-state index contributed by atoms with van der Waals surface area (Å²) in [4.78, 5) is 11.9. The van der Waals surface area contributed by atoms with Gasteiger partial charge in [-0.05, 0) is 37.1 Å². The lowest BCUT2D eigenvalue weighted by atomic mass is 10.1. The van der Waals surface area contributed by atoms with Crippen LogP contribution in [0.3, 0.4) is 0 Å². The molecule has 3 nitrogen and oxygen atoms in total. The molecule has 1 heterocycles. The van der Waals surface area contributed by atoms with Gasteiger partial charge in [-0.15, -0.1) is 0 Å². The molecule has 1 aromatic heterocycles. The van der Waals surface area contributed by atoms with E-state index in [1.54, 1.807) is 11.3 Å². The van der Waals surface area contributed by atoms with Crippen LogP contribution < -0.4 is 11.1 Å². The Bertz CT molecular complexity index is 361. The molecule has 0 bridgehead atoms. The summed E-state index contributed by atoms with van der Waals surface area (Å²) in [5, 5.41) is 6.90. The lowest BCUT2D eigenvalue weighted by Gasteiger charge is -2.16.